The number of nitriles is 1. The Bertz CT molecular complexity index is 927. The van der Waals surface area contributed by atoms with Gasteiger partial charge in [0, 0.05) is 31.4 Å². The molecule has 0 aromatic carbocycles. The molecule has 10 heteroatoms. The van der Waals surface area contributed by atoms with Gasteiger partial charge in [-0.1, -0.05) is 31.5 Å². The summed E-state index contributed by atoms with van der Waals surface area (Å²) in [6.07, 6.45) is 2.90. The van der Waals surface area contributed by atoms with E-state index in [1.165, 1.54) is 7.11 Å². The molecular weight excluding hydrogens is 433 g/mol. The van der Waals surface area contributed by atoms with Crippen LogP contribution in [0.3, 0.4) is 0 Å². The van der Waals surface area contributed by atoms with Gasteiger partial charge in [-0.3, -0.25) is 4.90 Å². The first-order valence-electron chi connectivity index (χ1n) is 10.6. The third-order valence-electron chi connectivity index (χ3n) is 5.71. The van der Waals surface area contributed by atoms with Crippen LogP contribution in [-0.4, -0.2) is 59.3 Å². The summed E-state index contributed by atoms with van der Waals surface area (Å²) >= 11 is 6.02. The highest BCUT2D eigenvalue weighted by molar-refractivity contribution is 6.30. The van der Waals surface area contributed by atoms with Crippen molar-refractivity contribution >= 4 is 23.2 Å². The molecule has 3 heterocycles. The van der Waals surface area contributed by atoms with Crippen molar-refractivity contribution in [2.24, 2.45) is 0 Å². The highest BCUT2D eigenvalue weighted by atomic mass is 35.5. The van der Waals surface area contributed by atoms with Crippen molar-refractivity contribution in [3.8, 4) is 12.1 Å². The summed E-state index contributed by atoms with van der Waals surface area (Å²) in [5, 5.41) is 9.34. The van der Waals surface area contributed by atoms with Crippen LogP contribution >= 0.6 is 11.6 Å². The highest BCUT2D eigenvalue weighted by Crippen LogP contribution is 2.32. The lowest BCUT2D eigenvalue weighted by atomic mass is 10.1. The van der Waals surface area contributed by atoms with Crippen molar-refractivity contribution in [3.05, 3.63) is 34.6 Å². The Morgan fingerprint density at radius 3 is 2.69 bits per heavy atom. The summed E-state index contributed by atoms with van der Waals surface area (Å²) in [5.74, 6) is 0.794. The van der Waals surface area contributed by atoms with Gasteiger partial charge in [-0.25, -0.2) is 9.37 Å². The molecule has 8 nitrogen and oxygen atoms in total. The number of ether oxygens (including phenoxy) is 1. The van der Waals surface area contributed by atoms with Gasteiger partial charge in [-0.05, 0) is 32.4 Å². The Morgan fingerprint density at radius 1 is 1.44 bits per heavy atom. The zero-order valence-electron chi connectivity index (χ0n) is 19.2. The van der Waals surface area contributed by atoms with E-state index in [0.717, 1.165) is 24.9 Å². The fourth-order valence-corrected chi connectivity index (χ4v) is 3.96. The van der Waals surface area contributed by atoms with Gasteiger partial charge in [0.25, 0.3) is 0 Å². The minimum Gasteiger partial charge on any atom is -0.467 e. The minimum atomic E-state index is -0.565. The van der Waals surface area contributed by atoms with E-state index in [-0.39, 0.29) is 22.8 Å². The standard InChI is InChI=1S/C14H15ClN6O.C8H16FN/c1-8(9-5-4-6-18-12(9)17)21(2)13-10(7-16)11(15)19-14(20-13)22-3;1-3-8-5-7(9)6-10(8)4-2/h4-6,8H,1-3H3,(H2,17,18);7-8H,3-6H2,1-2H3. The van der Waals surface area contributed by atoms with Gasteiger partial charge in [0.15, 0.2) is 11.0 Å². The largest absolute Gasteiger partial charge is 0.467 e. The first-order chi connectivity index (χ1) is 15.3. The summed E-state index contributed by atoms with van der Waals surface area (Å²) in [6, 6.07) is 6.13. The van der Waals surface area contributed by atoms with Crippen molar-refractivity contribution < 1.29 is 9.13 Å². The number of alkyl halides is 1. The molecule has 0 bridgehead atoms. The molecule has 2 aromatic rings. The monoisotopic (exact) mass is 463 g/mol. The zero-order valence-corrected chi connectivity index (χ0v) is 20.0. The third kappa shape index (κ3) is 5.96. The van der Waals surface area contributed by atoms with E-state index >= 15 is 0 Å². The van der Waals surface area contributed by atoms with Crippen LogP contribution in [0, 0.1) is 11.3 Å². The molecule has 174 valence electrons. The Balaban J connectivity index is 0.000000303. The van der Waals surface area contributed by atoms with Crippen LogP contribution in [0.4, 0.5) is 16.0 Å². The SMILES string of the molecule is CCC1CC(F)CN1CC.COc1nc(Cl)c(C#N)c(N(C)C(C)c2cccnc2N)n1. The van der Waals surface area contributed by atoms with Crippen LogP contribution in [0.1, 0.15) is 50.8 Å². The molecule has 0 spiro atoms. The van der Waals surface area contributed by atoms with Crippen LogP contribution in [0.2, 0.25) is 5.15 Å². The molecule has 0 saturated carbocycles. The summed E-state index contributed by atoms with van der Waals surface area (Å²) in [4.78, 5) is 16.2. The second-order valence-corrected chi connectivity index (χ2v) is 7.92. The number of likely N-dealkylation sites (tertiary alicyclic amines) is 1. The number of rotatable bonds is 6. The van der Waals surface area contributed by atoms with E-state index in [9.17, 15) is 9.65 Å². The molecule has 32 heavy (non-hydrogen) atoms. The third-order valence-corrected chi connectivity index (χ3v) is 5.98. The van der Waals surface area contributed by atoms with Gasteiger partial charge in [-0.15, -0.1) is 0 Å². The molecule has 1 aliphatic heterocycles. The molecule has 2 N–H and O–H groups in total. The molecule has 3 rings (SSSR count). The number of anilines is 2. The molecule has 1 aliphatic rings. The first kappa shape index (κ1) is 25.6. The number of hydrogen-bond acceptors (Lipinski definition) is 8. The molecule has 2 aromatic heterocycles. The fraction of sp³-hybridized carbons (Fsp3) is 0.545. The van der Waals surface area contributed by atoms with E-state index in [0.29, 0.717) is 24.2 Å². The van der Waals surface area contributed by atoms with E-state index in [2.05, 4.69) is 33.7 Å². The minimum absolute atomic E-state index is 0.0440. The lowest BCUT2D eigenvalue weighted by molar-refractivity contribution is 0.251. The Hall–Kier alpha value is -2.70. The lowest BCUT2D eigenvalue weighted by Gasteiger charge is -2.27. The van der Waals surface area contributed by atoms with E-state index < -0.39 is 6.17 Å². The van der Waals surface area contributed by atoms with Crippen molar-refractivity contribution in [1.82, 2.24) is 19.9 Å². The average Bonchev–Trinajstić information content (AvgIpc) is 3.18. The second-order valence-electron chi connectivity index (χ2n) is 7.56. The van der Waals surface area contributed by atoms with Crippen molar-refractivity contribution in [2.45, 2.75) is 51.9 Å². The fourth-order valence-electron chi connectivity index (χ4n) is 3.76. The number of nitrogen functional groups attached to an aromatic ring is 1. The predicted molar refractivity (Wildman–Crippen MR) is 125 cm³/mol. The van der Waals surface area contributed by atoms with Gasteiger partial charge < -0.3 is 15.4 Å². The van der Waals surface area contributed by atoms with Crippen molar-refractivity contribution in [3.63, 3.8) is 0 Å². The summed E-state index contributed by atoms with van der Waals surface area (Å²) in [5.41, 5.74) is 6.91. The number of pyridine rings is 1. The summed E-state index contributed by atoms with van der Waals surface area (Å²) in [7, 11) is 3.22. The van der Waals surface area contributed by atoms with Crippen molar-refractivity contribution in [1.29, 1.82) is 5.26 Å². The van der Waals surface area contributed by atoms with Crippen LogP contribution in [0.25, 0.3) is 0 Å². The maximum Gasteiger partial charge on any atom is 0.319 e. The van der Waals surface area contributed by atoms with Gasteiger partial charge in [0.05, 0.1) is 13.2 Å². The molecule has 3 unspecified atom stereocenters. The highest BCUT2D eigenvalue weighted by Gasteiger charge is 2.29. The summed E-state index contributed by atoms with van der Waals surface area (Å²) in [6.45, 7) is 7.82. The number of aromatic nitrogens is 3. The molecule has 3 atom stereocenters. The number of hydrogen-bond donors (Lipinski definition) is 1. The molecule has 1 saturated heterocycles. The van der Waals surface area contributed by atoms with Gasteiger partial charge in [0.2, 0.25) is 0 Å². The average molecular weight is 464 g/mol. The molecule has 1 fully saturated rings. The molecular formula is C22H31ClFN7O. The number of nitrogens with two attached hydrogens (primary N) is 1. The van der Waals surface area contributed by atoms with Crippen molar-refractivity contribution in [2.75, 3.05) is 37.9 Å². The quantitative estimate of drug-likeness (QED) is 0.640. The lowest BCUT2D eigenvalue weighted by Crippen LogP contribution is -2.28. The van der Waals surface area contributed by atoms with E-state index in [1.54, 1.807) is 24.2 Å². The molecule has 0 aliphatic carbocycles. The van der Waals surface area contributed by atoms with E-state index in [4.69, 9.17) is 22.1 Å². The maximum absolute atomic E-state index is 12.8. The van der Waals surface area contributed by atoms with E-state index in [1.807, 2.05) is 19.1 Å². The topological polar surface area (TPSA) is 104 Å². The predicted octanol–water partition coefficient (Wildman–Crippen LogP) is 4.01. The Labute approximate surface area is 194 Å². The Morgan fingerprint density at radius 2 is 2.16 bits per heavy atom. The second kappa shape index (κ2) is 11.8. The van der Waals surface area contributed by atoms with Crippen LogP contribution in [-0.2, 0) is 0 Å². The molecule has 0 radical (unpaired) electrons. The zero-order chi connectivity index (χ0) is 23.8. The number of methoxy groups -OCH3 is 1. The maximum atomic E-state index is 12.8. The summed E-state index contributed by atoms with van der Waals surface area (Å²) < 4.78 is 17.8. The smallest absolute Gasteiger partial charge is 0.319 e. The molecule has 0 amide bonds. The number of nitrogens with zero attached hydrogens (tertiary/aromatic N) is 6. The van der Waals surface area contributed by atoms with Crippen LogP contribution in [0.15, 0.2) is 18.3 Å². The number of halogens is 2. The first-order valence-corrected chi connectivity index (χ1v) is 11.0. The van der Waals surface area contributed by atoms with Gasteiger partial charge >= 0.3 is 6.01 Å². The van der Waals surface area contributed by atoms with Gasteiger partial charge in [-0.2, -0.15) is 15.2 Å². The van der Waals surface area contributed by atoms with Gasteiger partial charge in [0.1, 0.15) is 23.6 Å². The van der Waals surface area contributed by atoms with Crippen LogP contribution in [0.5, 0.6) is 6.01 Å². The van der Waals surface area contributed by atoms with Crippen LogP contribution < -0.4 is 15.4 Å². The Kier molecular flexibility index (Phi) is 9.42. The normalized spacial score (nSPS) is 18.9.